The smallest absolute Gasteiger partial charge is 0.181 e. The molecule has 0 aromatic heterocycles. The van der Waals surface area contributed by atoms with Gasteiger partial charge in [0.2, 0.25) is 0 Å². The van der Waals surface area contributed by atoms with Gasteiger partial charge in [-0.05, 0) is 37.9 Å². The average Bonchev–Trinajstić information content (AvgIpc) is 3.20. The molecule has 1 aromatic rings. The van der Waals surface area contributed by atoms with E-state index in [0.717, 1.165) is 0 Å². The van der Waals surface area contributed by atoms with Gasteiger partial charge in [-0.2, -0.15) is 0 Å². The maximum atomic E-state index is 12.1. The van der Waals surface area contributed by atoms with Crippen molar-refractivity contribution in [2.75, 3.05) is 27.3 Å². The number of nitrogens with one attached hydrogen (secondary N) is 1. The fourth-order valence-electron chi connectivity index (χ4n) is 1.84. The van der Waals surface area contributed by atoms with Gasteiger partial charge in [0, 0.05) is 0 Å². The molecule has 5 heteroatoms. The van der Waals surface area contributed by atoms with Crippen LogP contribution in [0.15, 0.2) is 12.1 Å². The predicted octanol–water partition coefficient (Wildman–Crippen LogP) is 2.54. The first kappa shape index (κ1) is 14.2. The van der Waals surface area contributed by atoms with Crippen LogP contribution in [0.25, 0.3) is 0 Å². The molecule has 0 atom stereocenters. The van der Waals surface area contributed by atoms with Gasteiger partial charge < -0.3 is 14.8 Å². The number of carbonyl (C=O) groups is 1. The molecule has 19 heavy (non-hydrogen) atoms. The van der Waals surface area contributed by atoms with E-state index in [-0.39, 0.29) is 12.3 Å². The number of hydrogen-bond acceptors (Lipinski definition) is 4. The number of benzene rings is 1. The summed E-state index contributed by atoms with van der Waals surface area (Å²) in [7, 11) is 3.27. The van der Waals surface area contributed by atoms with E-state index in [1.54, 1.807) is 26.3 Å². The van der Waals surface area contributed by atoms with Crippen LogP contribution in [0.4, 0.5) is 0 Å². The number of methoxy groups -OCH3 is 1. The zero-order valence-electron chi connectivity index (χ0n) is 11.2. The Bertz CT molecular complexity index is 472. The average molecular weight is 284 g/mol. The van der Waals surface area contributed by atoms with E-state index in [1.165, 1.54) is 12.8 Å². The van der Waals surface area contributed by atoms with Crippen LogP contribution in [0.1, 0.15) is 23.2 Å². The normalized spacial score (nSPS) is 14.3. The molecule has 104 valence electrons. The summed E-state index contributed by atoms with van der Waals surface area (Å²) in [6.45, 7) is 0.823. The Morgan fingerprint density at radius 1 is 1.47 bits per heavy atom. The molecule has 0 saturated heterocycles. The lowest BCUT2D eigenvalue weighted by Crippen LogP contribution is -2.20. The number of ether oxygens (including phenoxy) is 2. The highest BCUT2D eigenvalue weighted by Crippen LogP contribution is 2.38. The monoisotopic (exact) mass is 283 g/mol. The molecule has 0 spiro atoms. The van der Waals surface area contributed by atoms with E-state index in [1.807, 2.05) is 0 Å². The van der Waals surface area contributed by atoms with Gasteiger partial charge in [0.15, 0.2) is 17.3 Å². The van der Waals surface area contributed by atoms with Crippen LogP contribution < -0.4 is 14.8 Å². The highest BCUT2D eigenvalue weighted by molar-refractivity contribution is 6.34. The van der Waals surface area contributed by atoms with E-state index < -0.39 is 0 Å². The third-order valence-corrected chi connectivity index (χ3v) is 3.38. The zero-order chi connectivity index (χ0) is 13.8. The van der Waals surface area contributed by atoms with Crippen molar-refractivity contribution in [3.8, 4) is 11.5 Å². The standard InChI is InChI=1S/C14H18ClNO3/c1-16-7-11(17)13-10(15)5-6-12(18-2)14(13)19-8-9-3-4-9/h5-6,9,16H,3-4,7-8H2,1-2H3. The van der Waals surface area contributed by atoms with Gasteiger partial charge in [-0.3, -0.25) is 4.79 Å². The minimum absolute atomic E-state index is 0.0998. The van der Waals surface area contributed by atoms with Crippen LogP contribution >= 0.6 is 11.6 Å². The summed E-state index contributed by atoms with van der Waals surface area (Å²) >= 11 is 6.14. The summed E-state index contributed by atoms with van der Waals surface area (Å²) in [6.07, 6.45) is 2.37. The first-order valence-corrected chi connectivity index (χ1v) is 6.72. The maximum absolute atomic E-state index is 12.1. The van der Waals surface area contributed by atoms with E-state index in [4.69, 9.17) is 21.1 Å². The Kier molecular flexibility index (Phi) is 4.66. The van der Waals surface area contributed by atoms with Gasteiger partial charge in [0.25, 0.3) is 0 Å². The molecule has 1 N–H and O–H groups in total. The molecule has 0 amide bonds. The SMILES string of the molecule is CNCC(=O)c1c(Cl)ccc(OC)c1OCC1CC1. The summed E-state index contributed by atoms with van der Waals surface area (Å²) in [5, 5.41) is 3.23. The second kappa shape index (κ2) is 6.26. The molecule has 1 fully saturated rings. The van der Waals surface area contributed by atoms with E-state index >= 15 is 0 Å². The summed E-state index contributed by atoms with van der Waals surface area (Å²) in [5.74, 6) is 1.50. The molecular formula is C14H18ClNO3. The quantitative estimate of drug-likeness (QED) is 0.781. The van der Waals surface area contributed by atoms with Gasteiger partial charge in [-0.15, -0.1) is 0 Å². The van der Waals surface area contributed by atoms with Gasteiger partial charge in [-0.1, -0.05) is 11.6 Å². The first-order chi connectivity index (χ1) is 9.17. The zero-order valence-corrected chi connectivity index (χ0v) is 11.9. The predicted molar refractivity (Wildman–Crippen MR) is 74.5 cm³/mol. The molecule has 1 aromatic carbocycles. The molecule has 0 bridgehead atoms. The molecule has 0 heterocycles. The fourth-order valence-corrected chi connectivity index (χ4v) is 2.09. The third kappa shape index (κ3) is 3.39. The molecule has 1 aliphatic carbocycles. The maximum Gasteiger partial charge on any atom is 0.181 e. The van der Waals surface area contributed by atoms with Gasteiger partial charge in [0.05, 0.1) is 30.8 Å². The minimum Gasteiger partial charge on any atom is -0.493 e. The van der Waals surface area contributed by atoms with Crippen molar-refractivity contribution in [1.82, 2.24) is 5.32 Å². The van der Waals surface area contributed by atoms with Crippen molar-refractivity contribution in [3.63, 3.8) is 0 Å². The van der Waals surface area contributed by atoms with Crippen LogP contribution in [-0.2, 0) is 0 Å². The van der Waals surface area contributed by atoms with Crippen LogP contribution in [-0.4, -0.2) is 33.1 Å². The van der Waals surface area contributed by atoms with Crippen molar-refractivity contribution in [1.29, 1.82) is 0 Å². The molecule has 1 saturated carbocycles. The summed E-state index contributed by atoms with van der Waals surface area (Å²) in [5.41, 5.74) is 0.399. The number of hydrogen-bond donors (Lipinski definition) is 1. The Morgan fingerprint density at radius 2 is 2.21 bits per heavy atom. The highest BCUT2D eigenvalue weighted by atomic mass is 35.5. The van der Waals surface area contributed by atoms with Crippen LogP contribution in [0, 0.1) is 5.92 Å². The Morgan fingerprint density at radius 3 is 2.79 bits per heavy atom. The van der Waals surface area contributed by atoms with Crippen molar-refractivity contribution in [2.24, 2.45) is 5.92 Å². The number of carbonyl (C=O) groups excluding carboxylic acids is 1. The number of ketones is 1. The van der Waals surface area contributed by atoms with Gasteiger partial charge in [0.1, 0.15) is 0 Å². The van der Waals surface area contributed by atoms with Gasteiger partial charge in [-0.25, -0.2) is 0 Å². The largest absolute Gasteiger partial charge is 0.493 e. The Hall–Kier alpha value is -1.26. The number of likely N-dealkylation sites (N-methyl/N-ethyl adjacent to an activating group) is 1. The molecule has 0 radical (unpaired) electrons. The van der Waals surface area contributed by atoms with E-state index in [2.05, 4.69) is 5.32 Å². The van der Waals surface area contributed by atoms with Crippen molar-refractivity contribution in [2.45, 2.75) is 12.8 Å². The highest BCUT2D eigenvalue weighted by Gasteiger charge is 2.25. The second-order valence-corrected chi connectivity index (χ2v) is 5.07. The van der Waals surface area contributed by atoms with Crippen LogP contribution in [0.5, 0.6) is 11.5 Å². The summed E-state index contributed by atoms with van der Waals surface area (Å²) < 4.78 is 11.0. The summed E-state index contributed by atoms with van der Waals surface area (Å²) in [4.78, 5) is 12.1. The van der Waals surface area contributed by atoms with Crippen LogP contribution in [0.2, 0.25) is 5.02 Å². The molecule has 1 aliphatic rings. The topological polar surface area (TPSA) is 47.6 Å². The van der Waals surface area contributed by atoms with E-state index in [9.17, 15) is 4.79 Å². The van der Waals surface area contributed by atoms with Gasteiger partial charge >= 0.3 is 0 Å². The van der Waals surface area contributed by atoms with E-state index in [0.29, 0.717) is 34.6 Å². The third-order valence-electron chi connectivity index (χ3n) is 3.07. The molecular weight excluding hydrogens is 266 g/mol. The Labute approximate surface area is 118 Å². The first-order valence-electron chi connectivity index (χ1n) is 6.34. The van der Waals surface area contributed by atoms with Crippen molar-refractivity contribution in [3.05, 3.63) is 22.7 Å². The lowest BCUT2D eigenvalue weighted by Gasteiger charge is -2.15. The summed E-state index contributed by atoms with van der Waals surface area (Å²) in [6, 6.07) is 3.38. The minimum atomic E-state index is -0.0998. The number of Topliss-reactive ketones (excluding diaryl/α,β-unsaturated/α-hetero) is 1. The second-order valence-electron chi connectivity index (χ2n) is 4.66. The molecule has 0 unspecified atom stereocenters. The molecule has 2 rings (SSSR count). The molecule has 4 nitrogen and oxygen atoms in total. The number of halogens is 1. The number of rotatable bonds is 7. The van der Waals surface area contributed by atoms with Crippen molar-refractivity contribution < 1.29 is 14.3 Å². The lowest BCUT2D eigenvalue weighted by atomic mass is 10.1. The molecule has 0 aliphatic heterocycles. The van der Waals surface area contributed by atoms with Crippen molar-refractivity contribution >= 4 is 17.4 Å². The fraction of sp³-hybridized carbons (Fsp3) is 0.500. The lowest BCUT2D eigenvalue weighted by molar-refractivity contribution is 0.0988. The van der Waals surface area contributed by atoms with Crippen LogP contribution in [0.3, 0.4) is 0 Å². The Balaban J connectivity index is 2.32.